The Kier molecular flexibility index (Phi) is 5.58. The number of rotatable bonds is 6. The molecule has 4 nitrogen and oxygen atoms in total. The molecule has 0 aromatic carbocycles. The zero-order chi connectivity index (χ0) is 12.8. The number of aromatic nitrogens is 1. The molecule has 1 unspecified atom stereocenters. The molecule has 1 aromatic rings. The Balaban J connectivity index is 2.46. The minimum Gasteiger partial charge on any atom is -0.342 e. The fourth-order valence-electron chi connectivity index (χ4n) is 1.75. The van der Waals surface area contributed by atoms with E-state index < -0.39 is 0 Å². The first-order chi connectivity index (χ1) is 8.10. The third-order valence-electron chi connectivity index (χ3n) is 2.85. The van der Waals surface area contributed by atoms with Gasteiger partial charge in [-0.3, -0.25) is 4.79 Å². The molecule has 1 rings (SSSR count). The van der Waals surface area contributed by atoms with Gasteiger partial charge in [-0.25, -0.2) is 4.98 Å². The number of carbonyl (C=O) groups is 1. The van der Waals surface area contributed by atoms with E-state index in [9.17, 15) is 4.79 Å². The summed E-state index contributed by atoms with van der Waals surface area (Å²) in [6.07, 6.45) is 0. The number of likely N-dealkylation sites (N-methyl/N-ethyl adjacent to an activating group) is 1. The second kappa shape index (κ2) is 6.71. The molecule has 0 fully saturated rings. The van der Waals surface area contributed by atoms with Crippen molar-refractivity contribution in [1.82, 2.24) is 15.2 Å². The van der Waals surface area contributed by atoms with Crippen molar-refractivity contribution in [2.24, 2.45) is 0 Å². The van der Waals surface area contributed by atoms with Crippen molar-refractivity contribution < 1.29 is 4.79 Å². The zero-order valence-corrected chi connectivity index (χ0v) is 11.8. The van der Waals surface area contributed by atoms with Crippen molar-refractivity contribution in [1.29, 1.82) is 0 Å². The van der Waals surface area contributed by atoms with E-state index in [0.29, 0.717) is 6.54 Å². The monoisotopic (exact) mass is 255 g/mol. The highest BCUT2D eigenvalue weighted by molar-refractivity contribution is 7.09. The van der Waals surface area contributed by atoms with Crippen molar-refractivity contribution in [2.75, 3.05) is 19.6 Å². The van der Waals surface area contributed by atoms with E-state index in [1.54, 1.807) is 11.3 Å². The maximum atomic E-state index is 11.8. The highest BCUT2D eigenvalue weighted by atomic mass is 32.1. The van der Waals surface area contributed by atoms with Gasteiger partial charge in [-0.2, -0.15) is 0 Å². The Morgan fingerprint density at radius 1 is 1.53 bits per heavy atom. The second-order valence-electron chi connectivity index (χ2n) is 3.97. The van der Waals surface area contributed by atoms with E-state index in [-0.39, 0.29) is 11.9 Å². The van der Waals surface area contributed by atoms with Gasteiger partial charge in [0.1, 0.15) is 0 Å². The molecule has 0 aliphatic heterocycles. The largest absolute Gasteiger partial charge is 0.342 e. The van der Waals surface area contributed by atoms with Crippen LogP contribution in [0.15, 0.2) is 5.51 Å². The first-order valence-electron chi connectivity index (χ1n) is 6.01. The molecule has 1 aromatic heterocycles. The van der Waals surface area contributed by atoms with Crippen LogP contribution >= 0.6 is 11.3 Å². The number of nitrogens with one attached hydrogen (secondary N) is 1. The van der Waals surface area contributed by atoms with Crippen LogP contribution in [-0.4, -0.2) is 35.4 Å². The molecule has 1 amide bonds. The van der Waals surface area contributed by atoms with Gasteiger partial charge in [0.15, 0.2) is 0 Å². The molecule has 1 heterocycles. The molecule has 0 aliphatic carbocycles. The third kappa shape index (κ3) is 3.78. The number of hydrogen-bond acceptors (Lipinski definition) is 4. The summed E-state index contributed by atoms with van der Waals surface area (Å²) in [6, 6.07) is 0.182. The molecule has 0 aliphatic rings. The zero-order valence-electron chi connectivity index (χ0n) is 11.0. The Morgan fingerprint density at radius 2 is 2.18 bits per heavy atom. The number of carbonyl (C=O) groups excluding carboxylic acids is 1. The van der Waals surface area contributed by atoms with Crippen LogP contribution in [0.5, 0.6) is 0 Å². The van der Waals surface area contributed by atoms with Crippen molar-refractivity contribution in [3.8, 4) is 0 Å². The van der Waals surface area contributed by atoms with Gasteiger partial charge in [-0.05, 0) is 27.7 Å². The van der Waals surface area contributed by atoms with Crippen LogP contribution in [0, 0.1) is 6.92 Å². The Morgan fingerprint density at radius 3 is 2.65 bits per heavy atom. The average Bonchev–Trinajstić information content (AvgIpc) is 2.74. The molecule has 0 spiro atoms. The lowest BCUT2D eigenvalue weighted by Gasteiger charge is -2.20. The minimum atomic E-state index is 0.156. The van der Waals surface area contributed by atoms with Gasteiger partial charge in [0.05, 0.1) is 17.7 Å². The highest BCUT2D eigenvalue weighted by Gasteiger charge is 2.14. The van der Waals surface area contributed by atoms with Crippen LogP contribution in [0.1, 0.15) is 37.4 Å². The molecule has 96 valence electrons. The predicted octanol–water partition coefficient (Wildman–Crippen LogP) is 1.97. The minimum absolute atomic E-state index is 0.156. The van der Waals surface area contributed by atoms with Gasteiger partial charge < -0.3 is 10.2 Å². The molecule has 17 heavy (non-hydrogen) atoms. The van der Waals surface area contributed by atoms with Gasteiger partial charge in [0, 0.05) is 24.0 Å². The maximum absolute atomic E-state index is 11.8. The maximum Gasteiger partial charge on any atom is 0.236 e. The number of nitrogens with zero attached hydrogens (tertiary/aromatic N) is 2. The number of hydrogen-bond donors (Lipinski definition) is 1. The van der Waals surface area contributed by atoms with E-state index in [1.807, 2.05) is 31.2 Å². The molecule has 0 bridgehead atoms. The lowest BCUT2D eigenvalue weighted by Crippen LogP contribution is -2.38. The lowest BCUT2D eigenvalue weighted by molar-refractivity contribution is -0.129. The van der Waals surface area contributed by atoms with Gasteiger partial charge in [-0.1, -0.05) is 0 Å². The van der Waals surface area contributed by atoms with Crippen LogP contribution < -0.4 is 5.32 Å². The van der Waals surface area contributed by atoms with Gasteiger partial charge in [0.2, 0.25) is 5.91 Å². The Bertz CT molecular complexity index is 360. The fourth-order valence-corrected chi connectivity index (χ4v) is 2.58. The van der Waals surface area contributed by atoms with Gasteiger partial charge in [-0.15, -0.1) is 11.3 Å². The summed E-state index contributed by atoms with van der Waals surface area (Å²) in [5.74, 6) is 0.156. The molecule has 0 saturated carbocycles. The summed E-state index contributed by atoms with van der Waals surface area (Å²) in [5.41, 5.74) is 2.89. The standard InChI is InChI=1S/C12H21N3OS/c1-5-15(6-2)11(16)7-13-9(3)12-10(4)14-8-17-12/h8-9,13H,5-7H2,1-4H3. The van der Waals surface area contributed by atoms with Crippen LogP contribution in [0.25, 0.3) is 0 Å². The summed E-state index contributed by atoms with van der Waals surface area (Å²) in [6.45, 7) is 9.98. The summed E-state index contributed by atoms with van der Waals surface area (Å²) >= 11 is 1.63. The molecular formula is C12H21N3OS. The first kappa shape index (κ1) is 14.1. The lowest BCUT2D eigenvalue weighted by atomic mass is 10.2. The van der Waals surface area contributed by atoms with Crippen molar-refractivity contribution in [3.05, 3.63) is 16.1 Å². The molecule has 1 N–H and O–H groups in total. The van der Waals surface area contributed by atoms with E-state index in [0.717, 1.165) is 18.8 Å². The molecule has 1 atom stereocenters. The summed E-state index contributed by atoms with van der Waals surface area (Å²) < 4.78 is 0. The van der Waals surface area contributed by atoms with E-state index in [2.05, 4.69) is 17.2 Å². The Hall–Kier alpha value is -0.940. The SMILES string of the molecule is CCN(CC)C(=O)CNC(C)c1scnc1C. The molecular weight excluding hydrogens is 234 g/mol. The van der Waals surface area contributed by atoms with Crippen LogP contribution in [0.4, 0.5) is 0 Å². The van der Waals surface area contributed by atoms with E-state index in [4.69, 9.17) is 0 Å². The van der Waals surface area contributed by atoms with Gasteiger partial charge >= 0.3 is 0 Å². The first-order valence-corrected chi connectivity index (χ1v) is 6.89. The van der Waals surface area contributed by atoms with Crippen molar-refractivity contribution >= 4 is 17.2 Å². The third-order valence-corrected chi connectivity index (χ3v) is 3.97. The average molecular weight is 255 g/mol. The smallest absolute Gasteiger partial charge is 0.236 e. The second-order valence-corrected chi connectivity index (χ2v) is 4.86. The summed E-state index contributed by atoms with van der Waals surface area (Å²) in [7, 11) is 0. The molecule has 0 saturated heterocycles. The van der Waals surface area contributed by atoms with Crippen LogP contribution in [0.2, 0.25) is 0 Å². The molecule has 5 heteroatoms. The summed E-state index contributed by atoms with van der Waals surface area (Å²) in [5, 5.41) is 3.25. The van der Waals surface area contributed by atoms with Crippen LogP contribution in [-0.2, 0) is 4.79 Å². The number of thiazole rings is 1. The quantitative estimate of drug-likeness (QED) is 0.845. The fraction of sp³-hybridized carbons (Fsp3) is 0.667. The van der Waals surface area contributed by atoms with Gasteiger partial charge in [0.25, 0.3) is 0 Å². The van der Waals surface area contributed by atoms with E-state index in [1.165, 1.54) is 4.88 Å². The predicted molar refractivity (Wildman–Crippen MR) is 71.2 cm³/mol. The van der Waals surface area contributed by atoms with Crippen molar-refractivity contribution in [3.63, 3.8) is 0 Å². The normalized spacial score (nSPS) is 12.5. The molecule has 0 radical (unpaired) electrons. The number of amides is 1. The van der Waals surface area contributed by atoms with Crippen LogP contribution in [0.3, 0.4) is 0 Å². The van der Waals surface area contributed by atoms with Crippen molar-refractivity contribution in [2.45, 2.75) is 33.7 Å². The van der Waals surface area contributed by atoms with E-state index >= 15 is 0 Å². The highest BCUT2D eigenvalue weighted by Crippen LogP contribution is 2.20. The Labute approximate surface area is 107 Å². The topological polar surface area (TPSA) is 45.2 Å². The number of aryl methyl sites for hydroxylation is 1. The summed E-state index contributed by atoms with van der Waals surface area (Å²) in [4.78, 5) is 19.1.